The van der Waals surface area contributed by atoms with E-state index < -0.39 is 0 Å². The van der Waals surface area contributed by atoms with Crippen LogP contribution in [0, 0.1) is 0 Å². The van der Waals surface area contributed by atoms with Crippen LogP contribution in [-0.4, -0.2) is 13.7 Å². The molecule has 20 heavy (non-hydrogen) atoms. The first kappa shape index (κ1) is 15.5. The second kappa shape index (κ2) is 7.25. The normalized spacial score (nSPS) is 12.2. The molecule has 0 spiro atoms. The van der Waals surface area contributed by atoms with E-state index in [0.29, 0.717) is 6.61 Å². The zero-order valence-corrected chi connectivity index (χ0v) is 14.7. The molecule has 0 bridgehead atoms. The molecule has 0 radical (unpaired) electrons. The van der Waals surface area contributed by atoms with Crippen LogP contribution >= 0.6 is 31.9 Å². The summed E-state index contributed by atoms with van der Waals surface area (Å²) in [5, 5.41) is 3.36. The van der Waals surface area contributed by atoms with Crippen LogP contribution < -0.4 is 10.1 Å². The molecule has 0 fully saturated rings. The predicted molar refractivity (Wildman–Crippen MR) is 90.4 cm³/mol. The highest BCUT2D eigenvalue weighted by molar-refractivity contribution is 9.10. The van der Waals surface area contributed by atoms with Gasteiger partial charge in [-0.2, -0.15) is 0 Å². The van der Waals surface area contributed by atoms with Gasteiger partial charge in [-0.25, -0.2) is 0 Å². The summed E-state index contributed by atoms with van der Waals surface area (Å²) in [5.41, 5.74) is 2.42. The molecule has 0 aliphatic rings. The van der Waals surface area contributed by atoms with E-state index in [9.17, 15) is 0 Å². The Balaban J connectivity index is 2.34. The Morgan fingerprint density at radius 1 is 1.10 bits per heavy atom. The first-order valence-corrected chi connectivity index (χ1v) is 8.09. The van der Waals surface area contributed by atoms with Crippen molar-refractivity contribution in [1.29, 1.82) is 0 Å². The van der Waals surface area contributed by atoms with Crippen molar-refractivity contribution < 1.29 is 4.74 Å². The van der Waals surface area contributed by atoms with Crippen molar-refractivity contribution >= 4 is 31.9 Å². The lowest BCUT2D eigenvalue weighted by atomic mass is 9.99. The van der Waals surface area contributed by atoms with Crippen LogP contribution in [-0.2, 0) is 0 Å². The van der Waals surface area contributed by atoms with Crippen LogP contribution in [0.25, 0.3) is 0 Å². The highest BCUT2D eigenvalue weighted by Gasteiger charge is 2.15. The van der Waals surface area contributed by atoms with Gasteiger partial charge in [0.15, 0.2) is 0 Å². The quantitative estimate of drug-likeness (QED) is 0.771. The van der Waals surface area contributed by atoms with Crippen molar-refractivity contribution in [3.8, 4) is 5.75 Å². The molecule has 0 saturated carbocycles. The minimum atomic E-state index is 0.146. The average molecular weight is 399 g/mol. The van der Waals surface area contributed by atoms with E-state index in [4.69, 9.17) is 4.74 Å². The first-order chi connectivity index (χ1) is 9.65. The fraction of sp³-hybridized carbons (Fsp3) is 0.250. The summed E-state index contributed by atoms with van der Waals surface area (Å²) < 4.78 is 7.65. The molecular formula is C16H17Br2NO. The Labute approximate surface area is 136 Å². The van der Waals surface area contributed by atoms with Crippen molar-refractivity contribution in [2.75, 3.05) is 13.7 Å². The Bertz CT molecular complexity index is 569. The molecule has 2 aromatic carbocycles. The third-order valence-corrected chi connectivity index (χ3v) is 4.30. The van der Waals surface area contributed by atoms with Crippen molar-refractivity contribution in [2.24, 2.45) is 0 Å². The largest absolute Gasteiger partial charge is 0.494 e. The van der Waals surface area contributed by atoms with E-state index in [1.807, 2.05) is 26.1 Å². The number of nitrogens with one attached hydrogen (secondary N) is 1. The van der Waals surface area contributed by atoms with Crippen LogP contribution in [0.15, 0.2) is 51.4 Å². The van der Waals surface area contributed by atoms with Crippen LogP contribution in [0.1, 0.15) is 24.1 Å². The SMILES string of the molecule is CCOc1ccc(C(NC)c2ccc(Br)cc2)c(Br)c1. The summed E-state index contributed by atoms with van der Waals surface area (Å²) in [6.07, 6.45) is 0. The third kappa shape index (κ3) is 3.62. The van der Waals surface area contributed by atoms with Gasteiger partial charge in [0.25, 0.3) is 0 Å². The molecule has 1 N–H and O–H groups in total. The van der Waals surface area contributed by atoms with Gasteiger partial charge in [0.1, 0.15) is 5.75 Å². The Morgan fingerprint density at radius 2 is 1.80 bits per heavy atom. The minimum absolute atomic E-state index is 0.146. The summed E-state index contributed by atoms with van der Waals surface area (Å²) in [6, 6.07) is 14.6. The van der Waals surface area contributed by atoms with E-state index in [1.54, 1.807) is 0 Å². The maximum Gasteiger partial charge on any atom is 0.120 e. The Morgan fingerprint density at radius 3 is 2.35 bits per heavy atom. The van der Waals surface area contributed by atoms with Gasteiger partial charge in [0.05, 0.1) is 12.6 Å². The maximum atomic E-state index is 5.52. The monoisotopic (exact) mass is 397 g/mol. The molecule has 0 aromatic heterocycles. The van der Waals surface area contributed by atoms with Crippen molar-refractivity contribution in [2.45, 2.75) is 13.0 Å². The summed E-state index contributed by atoms with van der Waals surface area (Å²) in [7, 11) is 1.97. The molecule has 0 amide bonds. The molecule has 1 atom stereocenters. The number of hydrogen-bond acceptors (Lipinski definition) is 2. The third-order valence-electron chi connectivity index (χ3n) is 3.09. The molecule has 2 aromatic rings. The standard InChI is InChI=1S/C16H17Br2NO/c1-3-20-13-8-9-14(15(18)10-13)16(19-2)11-4-6-12(17)7-5-11/h4-10,16,19H,3H2,1-2H3. The zero-order chi connectivity index (χ0) is 14.5. The molecule has 106 valence electrons. The second-order valence-electron chi connectivity index (χ2n) is 4.39. The van der Waals surface area contributed by atoms with Gasteiger partial charge < -0.3 is 10.1 Å². The highest BCUT2D eigenvalue weighted by Crippen LogP contribution is 2.31. The van der Waals surface area contributed by atoms with E-state index in [2.05, 4.69) is 67.5 Å². The van der Waals surface area contributed by atoms with Gasteiger partial charge in [0.2, 0.25) is 0 Å². The van der Waals surface area contributed by atoms with Gasteiger partial charge in [-0.1, -0.05) is 50.1 Å². The topological polar surface area (TPSA) is 21.3 Å². The van der Waals surface area contributed by atoms with Crippen LogP contribution in [0.5, 0.6) is 5.75 Å². The van der Waals surface area contributed by atoms with Crippen molar-refractivity contribution in [3.05, 3.63) is 62.5 Å². The van der Waals surface area contributed by atoms with Gasteiger partial charge in [-0.3, -0.25) is 0 Å². The van der Waals surface area contributed by atoms with Crippen molar-refractivity contribution in [3.63, 3.8) is 0 Å². The van der Waals surface area contributed by atoms with E-state index >= 15 is 0 Å². The fourth-order valence-corrected chi connectivity index (χ4v) is 3.01. The molecule has 2 nitrogen and oxygen atoms in total. The van der Waals surface area contributed by atoms with Crippen molar-refractivity contribution in [1.82, 2.24) is 5.32 Å². The minimum Gasteiger partial charge on any atom is -0.494 e. The predicted octanol–water partition coefficient (Wildman–Crippen LogP) is 4.92. The Hall–Kier alpha value is -0.840. The second-order valence-corrected chi connectivity index (χ2v) is 6.16. The van der Waals surface area contributed by atoms with Crippen LogP contribution in [0.2, 0.25) is 0 Å². The number of hydrogen-bond donors (Lipinski definition) is 1. The van der Waals surface area contributed by atoms with E-state index in [-0.39, 0.29) is 6.04 Å². The average Bonchev–Trinajstić information content (AvgIpc) is 2.44. The molecule has 0 aliphatic heterocycles. The van der Waals surface area contributed by atoms with Gasteiger partial charge in [0, 0.05) is 8.95 Å². The molecule has 2 rings (SSSR count). The summed E-state index contributed by atoms with van der Waals surface area (Å²) in [5.74, 6) is 0.883. The van der Waals surface area contributed by atoms with Gasteiger partial charge in [-0.15, -0.1) is 0 Å². The molecule has 0 heterocycles. The zero-order valence-electron chi connectivity index (χ0n) is 11.5. The lowest BCUT2D eigenvalue weighted by molar-refractivity contribution is 0.340. The Kier molecular flexibility index (Phi) is 5.64. The molecule has 4 heteroatoms. The summed E-state index contributed by atoms with van der Waals surface area (Å²) >= 11 is 7.11. The number of halogens is 2. The molecular weight excluding hydrogens is 382 g/mol. The number of benzene rings is 2. The smallest absolute Gasteiger partial charge is 0.120 e. The molecule has 1 unspecified atom stereocenters. The molecule has 0 saturated heterocycles. The van der Waals surface area contributed by atoms with Gasteiger partial charge >= 0.3 is 0 Å². The number of ether oxygens (including phenoxy) is 1. The summed E-state index contributed by atoms with van der Waals surface area (Å²) in [4.78, 5) is 0. The lowest BCUT2D eigenvalue weighted by Crippen LogP contribution is -2.18. The lowest BCUT2D eigenvalue weighted by Gasteiger charge is -2.19. The summed E-state index contributed by atoms with van der Waals surface area (Å²) in [6.45, 7) is 2.66. The van der Waals surface area contributed by atoms with Crippen LogP contribution in [0.4, 0.5) is 0 Å². The number of rotatable bonds is 5. The van der Waals surface area contributed by atoms with E-state index in [0.717, 1.165) is 14.7 Å². The van der Waals surface area contributed by atoms with E-state index in [1.165, 1.54) is 11.1 Å². The molecule has 0 aliphatic carbocycles. The maximum absolute atomic E-state index is 5.52. The van der Waals surface area contributed by atoms with Crippen LogP contribution in [0.3, 0.4) is 0 Å². The highest BCUT2D eigenvalue weighted by atomic mass is 79.9. The van der Waals surface area contributed by atoms with Gasteiger partial charge in [-0.05, 0) is 49.4 Å². The first-order valence-electron chi connectivity index (χ1n) is 6.50. The fourth-order valence-electron chi connectivity index (χ4n) is 2.16.